The zero-order valence-corrected chi connectivity index (χ0v) is 12.2. The maximum atomic E-state index is 5.75. The Morgan fingerprint density at radius 2 is 1.50 bits per heavy atom. The van der Waals surface area contributed by atoms with E-state index in [2.05, 4.69) is 41.5 Å². The summed E-state index contributed by atoms with van der Waals surface area (Å²) in [5, 5.41) is 1.18. The van der Waals surface area contributed by atoms with E-state index >= 15 is 0 Å². The molecular formula is C16H23NO. The summed E-state index contributed by atoms with van der Waals surface area (Å²) < 4.78 is 5.75. The minimum atomic E-state index is 0.420. The van der Waals surface area contributed by atoms with E-state index < -0.39 is 0 Å². The molecule has 2 rings (SSSR count). The normalized spacial score (nSPS) is 12.3. The number of hydrogen-bond donors (Lipinski definition) is 0. The van der Waals surface area contributed by atoms with Gasteiger partial charge in [-0.05, 0) is 23.8 Å². The van der Waals surface area contributed by atoms with Crippen molar-refractivity contribution in [1.82, 2.24) is 4.98 Å². The molecule has 2 aromatic heterocycles. The molecule has 0 saturated carbocycles. The van der Waals surface area contributed by atoms with Crippen LogP contribution < -0.4 is 0 Å². The third kappa shape index (κ3) is 2.05. The number of fused-ring (bicyclic) bond motifs is 1. The van der Waals surface area contributed by atoms with E-state index in [9.17, 15) is 0 Å². The molecule has 0 bridgehead atoms. The average Bonchev–Trinajstić information content (AvgIpc) is 2.73. The highest BCUT2D eigenvalue weighted by Crippen LogP contribution is 2.35. The first kappa shape index (κ1) is 13.1. The molecule has 0 aliphatic carbocycles. The van der Waals surface area contributed by atoms with E-state index in [1.54, 1.807) is 6.26 Å². The maximum Gasteiger partial charge on any atom is 0.140 e. The number of pyridine rings is 1. The molecule has 2 heteroatoms. The zero-order valence-electron chi connectivity index (χ0n) is 12.2. The Balaban J connectivity index is 2.84. The lowest BCUT2D eigenvalue weighted by Crippen LogP contribution is -2.07. The van der Waals surface area contributed by atoms with E-state index in [0.29, 0.717) is 17.8 Å². The van der Waals surface area contributed by atoms with Gasteiger partial charge < -0.3 is 4.42 Å². The molecule has 0 N–H and O–H groups in total. The maximum absolute atomic E-state index is 5.75. The molecule has 2 aromatic rings. The van der Waals surface area contributed by atoms with Crippen LogP contribution in [-0.2, 0) is 0 Å². The highest BCUT2D eigenvalue weighted by atomic mass is 16.3. The van der Waals surface area contributed by atoms with E-state index in [1.807, 2.05) is 6.07 Å². The fourth-order valence-corrected chi connectivity index (χ4v) is 2.52. The molecule has 2 heterocycles. The highest BCUT2D eigenvalue weighted by molar-refractivity contribution is 5.84. The molecule has 0 aliphatic rings. The molecule has 0 atom stereocenters. The smallest absolute Gasteiger partial charge is 0.140 e. The van der Waals surface area contributed by atoms with Gasteiger partial charge in [0.05, 0.1) is 17.7 Å². The fraction of sp³-hybridized carbons (Fsp3) is 0.562. The molecule has 0 saturated heterocycles. The van der Waals surface area contributed by atoms with Crippen LogP contribution in [0.2, 0.25) is 0 Å². The quantitative estimate of drug-likeness (QED) is 0.743. The van der Waals surface area contributed by atoms with Crippen molar-refractivity contribution in [2.75, 3.05) is 0 Å². The van der Waals surface area contributed by atoms with Gasteiger partial charge in [-0.3, -0.25) is 4.98 Å². The standard InChI is InChI=1S/C16H23NO/c1-9(2)13-15(11(5)6)17-14(10(3)4)12-7-8-18-16(12)13/h7-11H,1-6H3. The number of rotatable bonds is 3. The molecule has 98 valence electrons. The van der Waals surface area contributed by atoms with Gasteiger partial charge in [0.1, 0.15) is 5.58 Å². The Kier molecular flexibility index (Phi) is 3.47. The third-order valence-electron chi connectivity index (χ3n) is 3.37. The Morgan fingerprint density at radius 1 is 0.889 bits per heavy atom. The lowest BCUT2D eigenvalue weighted by atomic mass is 9.92. The summed E-state index contributed by atoms with van der Waals surface area (Å²) in [7, 11) is 0. The van der Waals surface area contributed by atoms with Gasteiger partial charge in [0, 0.05) is 10.9 Å². The Hall–Kier alpha value is -1.31. The third-order valence-corrected chi connectivity index (χ3v) is 3.37. The molecule has 2 nitrogen and oxygen atoms in total. The largest absolute Gasteiger partial charge is 0.464 e. The lowest BCUT2D eigenvalue weighted by molar-refractivity contribution is 0.601. The first-order chi connectivity index (χ1) is 8.43. The van der Waals surface area contributed by atoms with Gasteiger partial charge in [-0.1, -0.05) is 41.5 Å². The van der Waals surface area contributed by atoms with Gasteiger partial charge >= 0.3 is 0 Å². The minimum absolute atomic E-state index is 0.420. The summed E-state index contributed by atoms with van der Waals surface area (Å²) in [6.07, 6.45) is 1.79. The van der Waals surface area contributed by atoms with Crippen LogP contribution in [0.5, 0.6) is 0 Å². The molecule has 0 radical (unpaired) electrons. The topological polar surface area (TPSA) is 26.0 Å². The van der Waals surface area contributed by atoms with Gasteiger partial charge in [-0.2, -0.15) is 0 Å². The van der Waals surface area contributed by atoms with Crippen LogP contribution in [0.25, 0.3) is 11.0 Å². The summed E-state index contributed by atoms with van der Waals surface area (Å²) in [4.78, 5) is 4.93. The van der Waals surface area contributed by atoms with Gasteiger partial charge in [-0.25, -0.2) is 0 Å². The van der Waals surface area contributed by atoms with Crippen molar-refractivity contribution in [3.8, 4) is 0 Å². The molecule has 0 unspecified atom stereocenters. The van der Waals surface area contributed by atoms with Gasteiger partial charge in [0.25, 0.3) is 0 Å². The molecular weight excluding hydrogens is 222 g/mol. The van der Waals surface area contributed by atoms with Crippen molar-refractivity contribution in [2.24, 2.45) is 0 Å². The van der Waals surface area contributed by atoms with Crippen LogP contribution in [0.1, 0.15) is 76.2 Å². The summed E-state index contributed by atoms with van der Waals surface area (Å²) in [5.41, 5.74) is 4.66. The fourth-order valence-electron chi connectivity index (χ4n) is 2.52. The Morgan fingerprint density at radius 3 is 2.00 bits per heavy atom. The molecule has 0 aromatic carbocycles. The number of aromatic nitrogens is 1. The SMILES string of the molecule is CC(C)c1nc(C(C)C)c2ccoc2c1C(C)C. The number of hydrogen-bond acceptors (Lipinski definition) is 2. The van der Waals surface area contributed by atoms with Crippen LogP contribution in [-0.4, -0.2) is 4.98 Å². The number of nitrogens with zero attached hydrogens (tertiary/aromatic N) is 1. The molecule has 0 aliphatic heterocycles. The average molecular weight is 245 g/mol. The second-order valence-electron chi connectivity index (χ2n) is 5.92. The van der Waals surface area contributed by atoms with Gasteiger partial charge in [0.15, 0.2) is 0 Å². The summed E-state index contributed by atoms with van der Waals surface area (Å²) in [5.74, 6) is 1.28. The van der Waals surface area contributed by atoms with Crippen molar-refractivity contribution in [3.05, 3.63) is 29.3 Å². The van der Waals surface area contributed by atoms with Crippen LogP contribution in [0.15, 0.2) is 16.7 Å². The Labute approximate surface area is 109 Å². The number of furan rings is 1. The molecule has 0 fully saturated rings. The first-order valence-corrected chi connectivity index (χ1v) is 6.84. The minimum Gasteiger partial charge on any atom is -0.464 e. The van der Waals surface area contributed by atoms with E-state index in [1.165, 1.54) is 16.6 Å². The second-order valence-corrected chi connectivity index (χ2v) is 5.92. The Bertz CT molecular complexity index is 549. The van der Waals surface area contributed by atoms with Crippen LogP contribution in [0, 0.1) is 0 Å². The van der Waals surface area contributed by atoms with Crippen molar-refractivity contribution < 1.29 is 4.42 Å². The van der Waals surface area contributed by atoms with Gasteiger partial charge in [-0.15, -0.1) is 0 Å². The first-order valence-electron chi connectivity index (χ1n) is 6.84. The van der Waals surface area contributed by atoms with Crippen LogP contribution >= 0.6 is 0 Å². The lowest BCUT2D eigenvalue weighted by Gasteiger charge is -2.18. The van der Waals surface area contributed by atoms with Gasteiger partial charge in [0.2, 0.25) is 0 Å². The van der Waals surface area contributed by atoms with E-state index in [0.717, 1.165) is 11.3 Å². The second kappa shape index (κ2) is 4.75. The van der Waals surface area contributed by atoms with Crippen LogP contribution in [0.3, 0.4) is 0 Å². The van der Waals surface area contributed by atoms with E-state index in [-0.39, 0.29) is 0 Å². The van der Waals surface area contributed by atoms with Crippen LogP contribution in [0.4, 0.5) is 0 Å². The molecule has 0 amide bonds. The summed E-state index contributed by atoms with van der Waals surface area (Å²) >= 11 is 0. The predicted molar refractivity (Wildman–Crippen MR) is 76.3 cm³/mol. The van der Waals surface area contributed by atoms with Crippen molar-refractivity contribution in [1.29, 1.82) is 0 Å². The van der Waals surface area contributed by atoms with Crippen molar-refractivity contribution in [2.45, 2.75) is 59.3 Å². The van der Waals surface area contributed by atoms with Crippen molar-refractivity contribution in [3.63, 3.8) is 0 Å². The summed E-state index contributed by atoms with van der Waals surface area (Å²) in [6, 6.07) is 2.05. The van der Waals surface area contributed by atoms with E-state index in [4.69, 9.17) is 9.40 Å². The summed E-state index contributed by atoms with van der Waals surface area (Å²) in [6.45, 7) is 13.2. The predicted octanol–water partition coefficient (Wildman–Crippen LogP) is 5.20. The van der Waals surface area contributed by atoms with Crippen molar-refractivity contribution >= 4 is 11.0 Å². The molecule has 0 spiro atoms. The highest BCUT2D eigenvalue weighted by Gasteiger charge is 2.21. The zero-order chi connectivity index (χ0) is 13.4. The molecule has 18 heavy (non-hydrogen) atoms. The monoisotopic (exact) mass is 245 g/mol.